The molecular formula is C19H21FN4O. The van der Waals surface area contributed by atoms with Gasteiger partial charge in [0, 0.05) is 32.0 Å². The summed E-state index contributed by atoms with van der Waals surface area (Å²) in [6, 6.07) is 8.50. The molecule has 1 aromatic carbocycles. The van der Waals surface area contributed by atoms with E-state index in [2.05, 4.69) is 15.5 Å². The van der Waals surface area contributed by atoms with Gasteiger partial charge in [0.25, 0.3) is 0 Å². The molecule has 25 heavy (non-hydrogen) atoms. The summed E-state index contributed by atoms with van der Waals surface area (Å²) in [6.45, 7) is 4.08. The predicted molar refractivity (Wildman–Crippen MR) is 92.6 cm³/mol. The second kappa shape index (κ2) is 6.43. The Morgan fingerprint density at radius 3 is 2.88 bits per heavy atom. The number of hydrogen-bond acceptors (Lipinski definition) is 4. The minimum atomic E-state index is -0.238. The zero-order chi connectivity index (χ0) is 17.4. The smallest absolute Gasteiger partial charge is 0.226 e. The van der Waals surface area contributed by atoms with E-state index in [1.165, 1.54) is 12.1 Å². The summed E-state index contributed by atoms with van der Waals surface area (Å²) < 4.78 is 13.1. The Morgan fingerprint density at radius 2 is 2.12 bits per heavy atom. The van der Waals surface area contributed by atoms with Gasteiger partial charge in [0.1, 0.15) is 11.6 Å². The maximum Gasteiger partial charge on any atom is 0.226 e. The molecule has 0 unspecified atom stereocenters. The van der Waals surface area contributed by atoms with Crippen molar-refractivity contribution in [3.8, 4) is 0 Å². The Balaban J connectivity index is 1.44. The van der Waals surface area contributed by atoms with Crippen LogP contribution >= 0.6 is 0 Å². The number of amides is 1. The van der Waals surface area contributed by atoms with Gasteiger partial charge < -0.3 is 10.2 Å². The number of carbonyl (C=O) groups is 1. The van der Waals surface area contributed by atoms with E-state index in [-0.39, 0.29) is 23.6 Å². The van der Waals surface area contributed by atoms with Gasteiger partial charge in [-0.05, 0) is 48.6 Å². The van der Waals surface area contributed by atoms with Crippen LogP contribution in [-0.2, 0) is 17.8 Å². The molecule has 2 heterocycles. The molecule has 2 aromatic rings. The second-order valence-electron chi connectivity index (χ2n) is 6.74. The number of anilines is 1. The lowest BCUT2D eigenvalue weighted by Gasteiger charge is -2.28. The first-order valence-corrected chi connectivity index (χ1v) is 8.79. The largest absolute Gasteiger partial charge is 0.369 e. The van der Waals surface area contributed by atoms with E-state index < -0.39 is 0 Å². The van der Waals surface area contributed by atoms with Crippen LogP contribution in [0, 0.1) is 11.7 Å². The lowest BCUT2D eigenvalue weighted by molar-refractivity contribution is -0.133. The van der Waals surface area contributed by atoms with Gasteiger partial charge in [0.15, 0.2) is 0 Å². The van der Waals surface area contributed by atoms with Crippen molar-refractivity contribution >= 4 is 11.7 Å². The molecule has 4 rings (SSSR count). The van der Waals surface area contributed by atoms with Gasteiger partial charge in [0.05, 0.1) is 5.69 Å². The van der Waals surface area contributed by atoms with Crippen molar-refractivity contribution in [2.45, 2.75) is 32.2 Å². The highest BCUT2D eigenvalue weighted by Crippen LogP contribution is 2.48. The molecule has 6 heteroatoms. The van der Waals surface area contributed by atoms with E-state index in [0.717, 1.165) is 42.0 Å². The Labute approximate surface area is 146 Å². The predicted octanol–water partition coefficient (Wildman–Crippen LogP) is 2.74. The molecule has 2 atom stereocenters. The van der Waals surface area contributed by atoms with Crippen LogP contribution in [0.5, 0.6) is 0 Å². The first kappa shape index (κ1) is 16.0. The molecular weight excluding hydrogens is 319 g/mol. The third-order valence-electron chi connectivity index (χ3n) is 5.02. The van der Waals surface area contributed by atoms with Crippen LogP contribution in [0.4, 0.5) is 10.2 Å². The third kappa shape index (κ3) is 3.21. The van der Waals surface area contributed by atoms with E-state index in [1.54, 1.807) is 12.1 Å². The van der Waals surface area contributed by atoms with Crippen LogP contribution in [0.1, 0.15) is 36.1 Å². The number of hydrogen-bond donors (Lipinski definition) is 1. The maximum atomic E-state index is 13.1. The Hall–Kier alpha value is -2.50. The summed E-state index contributed by atoms with van der Waals surface area (Å²) >= 11 is 0. The van der Waals surface area contributed by atoms with Crippen molar-refractivity contribution in [1.29, 1.82) is 0 Å². The van der Waals surface area contributed by atoms with E-state index in [4.69, 9.17) is 0 Å². The van der Waals surface area contributed by atoms with Crippen LogP contribution in [0.25, 0.3) is 0 Å². The van der Waals surface area contributed by atoms with Crippen molar-refractivity contribution in [3.63, 3.8) is 0 Å². The summed E-state index contributed by atoms with van der Waals surface area (Å²) in [5.74, 6) is 0.961. The lowest BCUT2D eigenvalue weighted by Crippen LogP contribution is -2.37. The average molecular weight is 340 g/mol. The zero-order valence-electron chi connectivity index (χ0n) is 14.2. The van der Waals surface area contributed by atoms with E-state index in [0.29, 0.717) is 13.1 Å². The van der Waals surface area contributed by atoms with Crippen LogP contribution < -0.4 is 5.32 Å². The SMILES string of the molecule is CCNc1cc2c(nn1)CCN(C(=O)[C@@H]1C[C@@H]1c1ccc(F)cc1)C2. The number of nitrogens with zero attached hydrogens (tertiary/aromatic N) is 3. The first-order valence-electron chi connectivity index (χ1n) is 8.79. The van der Waals surface area contributed by atoms with E-state index in [9.17, 15) is 9.18 Å². The van der Waals surface area contributed by atoms with E-state index >= 15 is 0 Å². The molecule has 0 spiro atoms. The highest BCUT2D eigenvalue weighted by Gasteiger charge is 2.46. The standard InChI is InChI=1S/C19H21FN4O/c1-2-21-18-9-13-11-24(8-7-17(13)22-23-18)19(25)16-10-15(16)12-3-5-14(20)6-4-12/h3-6,9,15-16H,2,7-8,10-11H2,1H3,(H,21,23)/t15-,16-/m1/s1. The van der Waals surface area contributed by atoms with Crippen LogP contribution in [0.2, 0.25) is 0 Å². The van der Waals surface area contributed by atoms with Gasteiger partial charge in [-0.2, -0.15) is 5.10 Å². The van der Waals surface area contributed by atoms with Gasteiger partial charge in [-0.1, -0.05) is 12.1 Å². The molecule has 1 saturated carbocycles. The Morgan fingerprint density at radius 1 is 1.32 bits per heavy atom. The average Bonchev–Trinajstić information content (AvgIpc) is 3.42. The molecule has 1 aliphatic carbocycles. The van der Waals surface area contributed by atoms with Crippen LogP contribution in [0.15, 0.2) is 30.3 Å². The van der Waals surface area contributed by atoms with Gasteiger partial charge in [-0.15, -0.1) is 5.10 Å². The highest BCUT2D eigenvalue weighted by atomic mass is 19.1. The lowest BCUT2D eigenvalue weighted by atomic mass is 10.0. The molecule has 1 aliphatic heterocycles. The summed E-state index contributed by atoms with van der Waals surface area (Å²) in [5, 5.41) is 11.6. The van der Waals surface area contributed by atoms with Gasteiger partial charge in [-0.25, -0.2) is 4.39 Å². The zero-order valence-corrected chi connectivity index (χ0v) is 14.2. The molecule has 0 saturated heterocycles. The summed E-state index contributed by atoms with van der Waals surface area (Å²) in [7, 11) is 0. The molecule has 1 amide bonds. The molecule has 1 N–H and O–H groups in total. The van der Waals surface area contributed by atoms with Crippen molar-refractivity contribution in [2.24, 2.45) is 5.92 Å². The van der Waals surface area contributed by atoms with Gasteiger partial charge in [-0.3, -0.25) is 4.79 Å². The van der Waals surface area contributed by atoms with Gasteiger partial charge in [0.2, 0.25) is 5.91 Å². The number of halogens is 1. The number of nitrogens with one attached hydrogen (secondary N) is 1. The number of fused-ring (bicyclic) bond motifs is 1. The van der Waals surface area contributed by atoms with Crippen molar-refractivity contribution in [3.05, 3.63) is 53.0 Å². The topological polar surface area (TPSA) is 58.1 Å². The van der Waals surface area contributed by atoms with Crippen molar-refractivity contribution < 1.29 is 9.18 Å². The fraction of sp³-hybridized carbons (Fsp3) is 0.421. The molecule has 1 fully saturated rings. The number of benzene rings is 1. The van der Waals surface area contributed by atoms with Crippen LogP contribution in [-0.4, -0.2) is 34.1 Å². The molecule has 130 valence electrons. The van der Waals surface area contributed by atoms with E-state index in [1.807, 2.05) is 17.9 Å². The molecule has 5 nitrogen and oxygen atoms in total. The van der Waals surface area contributed by atoms with Gasteiger partial charge >= 0.3 is 0 Å². The molecule has 0 radical (unpaired) electrons. The normalized spacial score (nSPS) is 21.6. The monoisotopic (exact) mass is 340 g/mol. The van der Waals surface area contributed by atoms with Crippen molar-refractivity contribution in [2.75, 3.05) is 18.4 Å². The summed E-state index contributed by atoms with van der Waals surface area (Å²) in [5.41, 5.74) is 3.11. The number of carbonyl (C=O) groups excluding carboxylic acids is 1. The fourth-order valence-corrected chi connectivity index (χ4v) is 3.57. The fourth-order valence-electron chi connectivity index (χ4n) is 3.57. The quantitative estimate of drug-likeness (QED) is 0.930. The molecule has 1 aromatic heterocycles. The Kier molecular flexibility index (Phi) is 4.11. The second-order valence-corrected chi connectivity index (χ2v) is 6.74. The summed E-state index contributed by atoms with van der Waals surface area (Å²) in [6.07, 6.45) is 1.60. The van der Waals surface area contributed by atoms with Crippen LogP contribution in [0.3, 0.4) is 0 Å². The highest BCUT2D eigenvalue weighted by molar-refractivity contribution is 5.83. The minimum absolute atomic E-state index is 0.0232. The first-order chi connectivity index (χ1) is 12.2. The molecule has 0 bridgehead atoms. The minimum Gasteiger partial charge on any atom is -0.369 e. The third-order valence-corrected chi connectivity index (χ3v) is 5.02. The Bertz CT molecular complexity index is 793. The maximum absolute atomic E-state index is 13.1. The number of rotatable bonds is 4. The molecule has 2 aliphatic rings. The summed E-state index contributed by atoms with van der Waals surface area (Å²) in [4.78, 5) is 14.8. The number of aromatic nitrogens is 2. The van der Waals surface area contributed by atoms with Crippen molar-refractivity contribution in [1.82, 2.24) is 15.1 Å².